The molecule has 1 aliphatic heterocycles. The van der Waals surface area contributed by atoms with E-state index < -0.39 is 10.0 Å². The lowest BCUT2D eigenvalue weighted by Crippen LogP contribution is -2.39. The van der Waals surface area contributed by atoms with Gasteiger partial charge in [-0.05, 0) is 48.1 Å². The van der Waals surface area contributed by atoms with Crippen LogP contribution in [0.1, 0.15) is 30.1 Å². The summed E-state index contributed by atoms with van der Waals surface area (Å²) in [7, 11) is -3.29. The number of piperidine rings is 1. The van der Waals surface area contributed by atoms with Crippen LogP contribution < -0.4 is 5.69 Å². The minimum atomic E-state index is -3.29. The Balaban J connectivity index is 1.75. The van der Waals surface area contributed by atoms with Gasteiger partial charge in [-0.15, -0.1) is 11.3 Å². The highest BCUT2D eigenvalue weighted by atomic mass is 35.5. The van der Waals surface area contributed by atoms with Crippen LogP contribution >= 0.6 is 22.9 Å². The maximum Gasteiger partial charge on any atom is 0.351 e. The lowest BCUT2D eigenvalue weighted by molar-refractivity contribution is 0.308. The molecule has 0 amide bonds. The molecule has 29 heavy (non-hydrogen) atoms. The number of benzene rings is 1. The third kappa shape index (κ3) is 4.32. The molecule has 0 N–H and O–H groups in total. The van der Waals surface area contributed by atoms with Crippen molar-refractivity contribution in [1.29, 1.82) is 0 Å². The van der Waals surface area contributed by atoms with Crippen molar-refractivity contribution in [2.24, 2.45) is 0 Å². The van der Waals surface area contributed by atoms with Crippen LogP contribution in [0.2, 0.25) is 5.02 Å². The highest BCUT2D eigenvalue weighted by Gasteiger charge is 2.31. The Morgan fingerprint density at radius 2 is 2.10 bits per heavy atom. The molecule has 1 aliphatic rings. The van der Waals surface area contributed by atoms with E-state index in [4.69, 9.17) is 11.6 Å². The largest absolute Gasteiger partial charge is 0.351 e. The number of nitrogens with zero attached hydrogens (tertiary/aromatic N) is 4. The standard InChI is InChI=1S/C19H21ClN4O3S2/c1-29(26,27)22-9-3-6-15(13-22)18-21-23(12-14-5-2-7-16(20)11-14)19(25)24(18)17-8-4-10-28-17/h2,4-5,7-8,10-11,15H,3,6,9,12-13H2,1H3. The van der Waals surface area contributed by atoms with Gasteiger partial charge in [0.1, 0.15) is 10.8 Å². The van der Waals surface area contributed by atoms with E-state index in [9.17, 15) is 13.2 Å². The molecule has 2 aromatic heterocycles. The zero-order valence-electron chi connectivity index (χ0n) is 15.9. The number of sulfonamides is 1. The summed E-state index contributed by atoms with van der Waals surface area (Å²) in [5, 5.41) is 7.92. The predicted octanol–water partition coefficient (Wildman–Crippen LogP) is 2.94. The molecule has 0 spiro atoms. The summed E-state index contributed by atoms with van der Waals surface area (Å²) >= 11 is 7.53. The van der Waals surface area contributed by atoms with E-state index in [0.29, 0.717) is 30.5 Å². The van der Waals surface area contributed by atoms with E-state index in [1.807, 2.05) is 35.7 Å². The van der Waals surface area contributed by atoms with E-state index in [1.165, 1.54) is 26.6 Å². The van der Waals surface area contributed by atoms with Crippen molar-refractivity contribution in [3.63, 3.8) is 0 Å². The maximum atomic E-state index is 13.2. The highest BCUT2D eigenvalue weighted by Crippen LogP contribution is 2.29. The van der Waals surface area contributed by atoms with E-state index in [0.717, 1.165) is 23.4 Å². The van der Waals surface area contributed by atoms with Crippen molar-refractivity contribution in [3.05, 3.63) is 68.7 Å². The highest BCUT2D eigenvalue weighted by molar-refractivity contribution is 7.88. The summed E-state index contributed by atoms with van der Waals surface area (Å²) < 4.78 is 28.6. The van der Waals surface area contributed by atoms with Gasteiger partial charge in [0, 0.05) is 24.0 Å². The zero-order chi connectivity index (χ0) is 20.6. The third-order valence-corrected chi connectivity index (χ3v) is 7.39. The first-order valence-corrected chi connectivity index (χ1v) is 12.4. The van der Waals surface area contributed by atoms with Gasteiger partial charge in [0.2, 0.25) is 10.0 Å². The Kier molecular flexibility index (Phi) is 5.65. The lowest BCUT2D eigenvalue weighted by atomic mass is 9.99. The molecule has 1 unspecified atom stereocenters. The summed E-state index contributed by atoms with van der Waals surface area (Å²) in [6.07, 6.45) is 2.74. The Labute approximate surface area is 178 Å². The summed E-state index contributed by atoms with van der Waals surface area (Å²) in [4.78, 5) is 13.2. The zero-order valence-corrected chi connectivity index (χ0v) is 18.3. The summed E-state index contributed by atoms with van der Waals surface area (Å²) in [6, 6.07) is 11.1. The Morgan fingerprint density at radius 1 is 1.28 bits per heavy atom. The van der Waals surface area contributed by atoms with E-state index in [2.05, 4.69) is 5.10 Å². The molecule has 0 aliphatic carbocycles. The fraction of sp³-hybridized carbons (Fsp3) is 0.368. The van der Waals surface area contributed by atoms with E-state index >= 15 is 0 Å². The Hall–Kier alpha value is -1.94. The molecule has 1 atom stereocenters. The second-order valence-corrected chi connectivity index (χ2v) is 10.5. The van der Waals surface area contributed by atoms with Crippen molar-refractivity contribution in [2.75, 3.05) is 19.3 Å². The van der Waals surface area contributed by atoms with Crippen LogP contribution in [0.4, 0.5) is 0 Å². The molecule has 0 bridgehead atoms. The molecule has 1 aromatic carbocycles. The minimum Gasteiger partial charge on any atom is -0.246 e. The Morgan fingerprint density at radius 3 is 2.79 bits per heavy atom. The van der Waals surface area contributed by atoms with Gasteiger partial charge < -0.3 is 0 Å². The predicted molar refractivity (Wildman–Crippen MR) is 115 cm³/mol. The van der Waals surface area contributed by atoms with Gasteiger partial charge in [0.15, 0.2) is 0 Å². The van der Waals surface area contributed by atoms with Crippen molar-refractivity contribution in [1.82, 2.24) is 18.7 Å². The van der Waals surface area contributed by atoms with Crippen LogP contribution in [0, 0.1) is 0 Å². The maximum absolute atomic E-state index is 13.2. The molecule has 3 heterocycles. The van der Waals surface area contributed by atoms with Gasteiger partial charge in [-0.3, -0.25) is 0 Å². The first-order valence-electron chi connectivity index (χ1n) is 9.26. The molecule has 4 rings (SSSR count). The third-order valence-electron chi connectivity index (χ3n) is 5.03. The van der Waals surface area contributed by atoms with E-state index in [1.54, 1.807) is 10.6 Å². The quantitative estimate of drug-likeness (QED) is 0.596. The summed E-state index contributed by atoms with van der Waals surface area (Å²) in [5.41, 5.74) is 0.641. The molecule has 0 radical (unpaired) electrons. The first-order chi connectivity index (χ1) is 13.8. The number of hydrogen-bond donors (Lipinski definition) is 0. The van der Waals surface area contributed by atoms with Crippen LogP contribution in [-0.2, 0) is 16.6 Å². The van der Waals surface area contributed by atoms with Gasteiger partial charge in [-0.1, -0.05) is 23.7 Å². The average molecular weight is 453 g/mol. The molecular formula is C19H21ClN4O3S2. The van der Waals surface area contributed by atoms with Gasteiger partial charge in [0.25, 0.3) is 0 Å². The van der Waals surface area contributed by atoms with Gasteiger partial charge in [-0.25, -0.2) is 26.8 Å². The lowest BCUT2D eigenvalue weighted by Gasteiger charge is -2.30. The molecule has 0 saturated carbocycles. The van der Waals surface area contributed by atoms with Crippen LogP contribution in [0.15, 0.2) is 46.6 Å². The second kappa shape index (κ2) is 8.06. The molecule has 154 valence electrons. The smallest absolute Gasteiger partial charge is 0.246 e. The normalized spacial score (nSPS) is 18.2. The van der Waals surface area contributed by atoms with Crippen LogP contribution in [0.5, 0.6) is 0 Å². The van der Waals surface area contributed by atoms with Crippen molar-refractivity contribution in [3.8, 4) is 5.00 Å². The molecule has 1 saturated heterocycles. The van der Waals surface area contributed by atoms with E-state index in [-0.39, 0.29) is 11.6 Å². The van der Waals surface area contributed by atoms with Crippen LogP contribution in [-0.4, -0.2) is 46.4 Å². The molecule has 7 nitrogen and oxygen atoms in total. The number of aromatic nitrogens is 3. The van der Waals surface area contributed by atoms with Crippen molar-refractivity contribution in [2.45, 2.75) is 25.3 Å². The van der Waals surface area contributed by atoms with Gasteiger partial charge in [-0.2, -0.15) is 5.10 Å². The number of rotatable bonds is 5. The van der Waals surface area contributed by atoms with Crippen molar-refractivity contribution >= 4 is 33.0 Å². The van der Waals surface area contributed by atoms with Crippen molar-refractivity contribution < 1.29 is 8.42 Å². The van der Waals surface area contributed by atoms with Gasteiger partial charge in [0.05, 0.1) is 12.8 Å². The van der Waals surface area contributed by atoms with Gasteiger partial charge >= 0.3 is 5.69 Å². The number of thiophene rings is 1. The second-order valence-electron chi connectivity index (χ2n) is 7.18. The van der Waals surface area contributed by atoms with Crippen LogP contribution in [0.25, 0.3) is 5.00 Å². The fourth-order valence-corrected chi connectivity index (χ4v) is 5.51. The number of hydrogen-bond acceptors (Lipinski definition) is 5. The first kappa shape index (κ1) is 20.3. The minimum absolute atomic E-state index is 0.145. The number of halogens is 1. The monoisotopic (exact) mass is 452 g/mol. The molecule has 1 fully saturated rings. The summed E-state index contributed by atoms with van der Waals surface area (Å²) in [5.74, 6) is 0.460. The fourth-order valence-electron chi connectivity index (χ4n) is 3.66. The topological polar surface area (TPSA) is 77.2 Å². The molecular weight excluding hydrogens is 432 g/mol. The summed E-state index contributed by atoms with van der Waals surface area (Å²) in [6.45, 7) is 1.13. The Bertz CT molecular complexity index is 1170. The molecule has 3 aromatic rings. The van der Waals surface area contributed by atoms with Crippen LogP contribution in [0.3, 0.4) is 0 Å². The average Bonchev–Trinajstić information content (AvgIpc) is 3.30. The SMILES string of the molecule is CS(=O)(=O)N1CCCC(c2nn(Cc3cccc(Cl)c3)c(=O)n2-c2cccs2)C1. The molecule has 10 heteroatoms.